The fraction of sp³-hybridized carbons (Fsp3) is 0.0667. The SMILES string of the molecule is Cc1cc(O)cc(O)c1/C=N/NC(=O)c1ccc(Cl)cc1. The van der Waals surface area contributed by atoms with Gasteiger partial charge in [-0.3, -0.25) is 4.79 Å². The summed E-state index contributed by atoms with van der Waals surface area (Å²) < 4.78 is 0. The highest BCUT2D eigenvalue weighted by Gasteiger charge is 2.06. The summed E-state index contributed by atoms with van der Waals surface area (Å²) in [5, 5.41) is 23.4. The Morgan fingerprint density at radius 1 is 1.24 bits per heavy atom. The first-order valence-corrected chi connectivity index (χ1v) is 6.46. The summed E-state index contributed by atoms with van der Waals surface area (Å²) in [6.07, 6.45) is 1.32. The minimum Gasteiger partial charge on any atom is -0.508 e. The van der Waals surface area contributed by atoms with Crippen LogP contribution in [0.5, 0.6) is 11.5 Å². The Labute approximate surface area is 126 Å². The standard InChI is InChI=1S/C15H13ClN2O3/c1-9-6-12(19)7-14(20)13(9)8-17-18-15(21)10-2-4-11(16)5-3-10/h2-8,19-20H,1H3,(H,18,21)/b17-8+. The molecule has 0 aliphatic heterocycles. The van der Waals surface area contributed by atoms with E-state index >= 15 is 0 Å². The van der Waals surface area contributed by atoms with E-state index in [0.29, 0.717) is 21.7 Å². The molecule has 0 heterocycles. The molecule has 0 radical (unpaired) electrons. The molecule has 0 spiro atoms. The first-order valence-electron chi connectivity index (χ1n) is 6.09. The number of aromatic hydroxyl groups is 2. The van der Waals surface area contributed by atoms with Crippen molar-refractivity contribution >= 4 is 23.7 Å². The summed E-state index contributed by atoms with van der Waals surface area (Å²) in [6.45, 7) is 1.71. The molecule has 5 nitrogen and oxygen atoms in total. The van der Waals surface area contributed by atoms with Crippen LogP contribution in [0.2, 0.25) is 5.02 Å². The van der Waals surface area contributed by atoms with Gasteiger partial charge >= 0.3 is 0 Å². The third-order valence-electron chi connectivity index (χ3n) is 2.82. The molecule has 21 heavy (non-hydrogen) atoms. The van der Waals surface area contributed by atoms with Crippen molar-refractivity contribution in [3.63, 3.8) is 0 Å². The predicted molar refractivity (Wildman–Crippen MR) is 81.0 cm³/mol. The zero-order valence-corrected chi connectivity index (χ0v) is 11.9. The van der Waals surface area contributed by atoms with Gasteiger partial charge in [-0.25, -0.2) is 5.43 Å². The van der Waals surface area contributed by atoms with Crippen molar-refractivity contribution in [2.24, 2.45) is 5.10 Å². The smallest absolute Gasteiger partial charge is 0.271 e. The van der Waals surface area contributed by atoms with Gasteiger partial charge in [-0.15, -0.1) is 0 Å². The molecule has 0 aliphatic rings. The first kappa shape index (κ1) is 14.9. The van der Waals surface area contributed by atoms with E-state index in [1.807, 2.05) is 0 Å². The molecule has 0 aromatic heterocycles. The molecule has 1 amide bonds. The average molecular weight is 305 g/mol. The van der Waals surface area contributed by atoms with E-state index < -0.39 is 0 Å². The van der Waals surface area contributed by atoms with Crippen LogP contribution in [0.1, 0.15) is 21.5 Å². The summed E-state index contributed by atoms with van der Waals surface area (Å²) >= 11 is 5.74. The normalized spacial score (nSPS) is 10.8. The maximum absolute atomic E-state index is 11.8. The lowest BCUT2D eigenvalue weighted by Gasteiger charge is -2.04. The second-order valence-electron chi connectivity index (χ2n) is 4.40. The van der Waals surface area contributed by atoms with Crippen molar-refractivity contribution in [1.29, 1.82) is 0 Å². The summed E-state index contributed by atoms with van der Waals surface area (Å²) in [5.41, 5.74) is 3.83. The number of carbonyl (C=O) groups is 1. The maximum Gasteiger partial charge on any atom is 0.271 e. The molecule has 0 unspecified atom stereocenters. The van der Waals surface area contributed by atoms with Gasteiger partial charge in [-0.05, 0) is 42.8 Å². The van der Waals surface area contributed by atoms with Crippen molar-refractivity contribution in [2.45, 2.75) is 6.92 Å². The van der Waals surface area contributed by atoms with E-state index in [9.17, 15) is 15.0 Å². The lowest BCUT2D eigenvalue weighted by Crippen LogP contribution is -2.17. The van der Waals surface area contributed by atoms with Crippen molar-refractivity contribution in [2.75, 3.05) is 0 Å². The number of aryl methyl sites for hydroxylation is 1. The van der Waals surface area contributed by atoms with Crippen molar-refractivity contribution in [1.82, 2.24) is 5.43 Å². The highest BCUT2D eigenvalue weighted by atomic mass is 35.5. The molecule has 6 heteroatoms. The van der Waals surface area contributed by atoms with Crippen LogP contribution in [0.3, 0.4) is 0 Å². The molecule has 0 aliphatic carbocycles. The number of nitrogens with one attached hydrogen (secondary N) is 1. The number of halogens is 1. The molecule has 2 aromatic carbocycles. The summed E-state index contributed by atoms with van der Waals surface area (Å²) in [7, 11) is 0. The van der Waals surface area contributed by atoms with Crippen LogP contribution in [-0.2, 0) is 0 Å². The predicted octanol–water partition coefficient (Wildman–Crippen LogP) is 2.82. The highest BCUT2D eigenvalue weighted by Crippen LogP contribution is 2.24. The molecule has 0 atom stereocenters. The number of carbonyl (C=O) groups excluding carboxylic acids is 1. The lowest BCUT2D eigenvalue weighted by molar-refractivity contribution is 0.0955. The number of benzene rings is 2. The number of nitrogens with zero attached hydrogens (tertiary/aromatic N) is 1. The van der Waals surface area contributed by atoms with Gasteiger partial charge in [0.15, 0.2) is 0 Å². The van der Waals surface area contributed by atoms with Gasteiger partial charge < -0.3 is 10.2 Å². The van der Waals surface area contributed by atoms with Gasteiger partial charge in [-0.1, -0.05) is 11.6 Å². The lowest BCUT2D eigenvalue weighted by atomic mass is 10.1. The van der Waals surface area contributed by atoms with Crippen LogP contribution >= 0.6 is 11.6 Å². The minimum absolute atomic E-state index is 0.0349. The number of hydrazone groups is 1. The van der Waals surface area contributed by atoms with E-state index in [2.05, 4.69) is 10.5 Å². The average Bonchev–Trinajstić information content (AvgIpc) is 2.42. The number of amides is 1. The van der Waals surface area contributed by atoms with Crippen LogP contribution in [0, 0.1) is 6.92 Å². The number of phenolic OH excluding ortho intramolecular Hbond substituents is 2. The molecule has 108 valence electrons. The Hall–Kier alpha value is -2.53. The number of hydrogen-bond donors (Lipinski definition) is 3. The van der Waals surface area contributed by atoms with Gasteiger partial charge in [0.25, 0.3) is 5.91 Å². The van der Waals surface area contributed by atoms with E-state index in [1.54, 1.807) is 31.2 Å². The molecule has 0 bridgehead atoms. The van der Waals surface area contributed by atoms with Crippen molar-refractivity contribution in [3.05, 3.63) is 58.1 Å². The zero-order valence-electron chi connectivity index (χ0n) is 11.2. The van der Waals surface area contributed by atoms with Gasteiger partial charge in [0, 0.05) is 22.2 Å². The topological polar surface area (TPSA) is 81.9 Å². The van der Waals surface area contributed by atoms with Crippen LogP contribution in [-0.4, -0.2) is 22.3 Å². The highest BCUT2D eigenvalue weighted by molar-refractivity contribution is 6.30. The Morgan fingerprint density at radius 3 is 2.52 bits per heavy atom. The van der Waals surface area contributed by atoms with E-state index in [0.717, 1.165) is 0 Å². The van der Waals surface area contributed by atoms with E-state index in [4.69, 9.17) is 11.6 Å². The van der Waals surface area contributed by atoms with Crippen LogP contribution in [0.4, 0.5) is 0 Å². The van der Waals surface area contributed by atoms with Gasteiger partial charge in [0.05, 0.1) is 6.21 Å². The first-order chi connectivity index (χ1) is 9.97. The van der Waals surface area contributed by atoms with Gasteiger partial charge in [0.2, 0.25) is 0 Å². The fourth-order valence-electron chi connectivity index (χ4n) is 1.75. The molecular weight excluding hydrogens is 292 g/mol. The third-order valence-corrected chi connectivity index (χ3v) is 3.07. The molecule has 0 saturated carbocycles. The molecule has 0 fully saturated rings. The molecule has 2 aromatic rings. The molecule has 3 N–H and O–H groups in total. The second kappa shape index (κ2) is 6.28. The van der Waals surface area contributed by atoms with Crippen molar-refractivity contribution < 1.29 is 15.0 Å². The number of rotatable bonds is 3. The summed E-state index contributed by atoms with van der Waals surface area (Å²) in [4.78, 5) is 11.8. The Bertz CT molecular complexity index is 674. The van der Waals surface area contributed by atoms with Gasteiger partial charge in [0.1, 0.15) is 11.5 Å². The maximum atomic E-state index is 11.8. The number of hydrogen-bond acceptors (Lipinski definition) is 4. The zero-order chi connectivity index (χ0) is 15.4. The van der Waals surface area contributed by atoms with Crippen LogP contribution < -0.4 is 5.43 Å². The molecular formula is C15H13ClN2O3. The van der Waals surface area contributed by atoms with E-state index in [1.165, 1.54) is 18.3 Å². The third kappa shape index (κ3) is 3.73. The Morgan fingerprint density at radius 2 is 1.90 bits per heavy atom. The number of phenols is 2. The Kier molecular flexibility index (Phi) is 4.45. The molecule has 2 rings (SSSR count). The summed E-state index contributed by atoms with van der Waals surface area (Å²) in [5.74, 6) is -0.539. The minimum atomic E-state index is -0.390. The fourth-order valence-corrected chi connectivity index (χ4v) is 1.88. The largest absolute Gasteiger partial charge is 0.508 e. The molecule has 0 saturated heterocycles. The second-order valence-corrected chi connectivity index (χ2v) is 4.84. The van der Waals surface area contributed by atoms with Crippen LogP contribution in [0.25, 0.3) is 0 Å². The monoisotopic (exact) mass is 304 g/mol. The summed E-state index contributed by atoms with van der Waals surface area (Å²) in [6, 6.07) is 9.07. The van der Waals surface area contributed by atoms with Crippen molar-refractivity contribution in [3.8, 4) is 11.5 Å². The Balaban J connectivity index is 2.09. The van der Waals surface area contributed by atoms with Gasteiger partial charge in [-0.2, -0.15) is 5.10 Å². The quantitative estimate of drug-likeness (QED) is 0.602. The van der Waals surface area contributed by atoms with Crippen LogP contribution in [0.15, 0.2) is 41.5 Å². The van der Waals surface area contributed by atoms with E-state index in [-0.39, 0.29) is 17.4 Å².